The quantitative estimate of drug-likeness (QED) is 0.505. The highest BCUT2D eigenvalue weighted by atomic mass is 32.2. The van der Waals surface area contributed by atoms with Crippen LogP contribution in [0.15, 0.2) is 71.8 Å². The van der Waals surface area contributed by atoms with E-state index in [1.807, 2.05) is 0 Å². The number of nitrogens with zero attached hydrogens (tertiary/aromatic N) is 1. The van der Waals surface area contributed by atoms with Crippen molar-refractivity contribution in [3.63, 3.8) is 0 Å². The predicted octanol–water partition coefficient (Wildman–Crippen LogP) is 4.21. The molecule has 12 heteroatoms. The van der Waals surface area contributed by atoms with Gasteiger partial charge in [0, 0.05) is 23.6 Å². The van der Waals surface area contributed by atoms with Crippen molar-refractivity contribution in [2.75, 3.05) is 16.6 Å². The largest absolute Gasteiger partial charge is 0.468 e. The number of carbonyl (C=O) groups excluding carboxylic acids is 1. The van der Waals surface area contributed by atoms with Gasteiger partial charge in [-0.15, -0.1) is 0 Å². The average molecular weight is 469 g/mol. The highest BCUT2D eigenvalue weighted by Crippen LogP contribution is 2.20. The number of anilines is 2. The van der Waals surface area contributed by atoms with Crippen molar-refractivity contribution in [2.24, 2.45) is 0 Å². The Morgan fingerprint density at radius 1 is 0.938 bits per heavy atom. The molecule has 2 aromatic carbocycles. The number of sulfonamides is 1. The Kier molecular flexibility index (Phi) is 6.63. The zero-order valence-corrected chi connectivity index (χ0v) is 16.9. The van der Waals surface area contributed by atoms with Crippen LogP contribution in [0.4, 0.5) is 28.9 Å². The van der Waals surface area contributed by atoms with E-state index in [9.17, 15) is 30.8 Å². The summed E-state index contributed by atoms with van der Waals surface area (Å²) in [6, 6.07) is 12.4. The minimum absolute atomic E-state index is 0.0745. The first-order chi connectivity index (χ1) is 15.0. The molecule has 0 unspecified atom stereocenters. The number of rotatable bonds is 7. The van der Waals surface area contributed by atoms with Crippen LogP contribution in [-0.4, -0.2) is 32.1 Å². The molecule has 0 saturated heterocycles. The van der Waals surface area contributed by atoms with Crippen molar-refractivity contribution in [3.05, 3.63) is 78.2 Å². The van der Waals surface area contributed by atoms with E-state index in [4.69, 9.17) is 0 Å². The zero-order valence-electron chi connectivity index (χ0n) is 16.1. The van der Waals surface area contributed by atoms with Crippen molar-refractivity contribution >= 4 is 27.3 Å². The van der Waals surface area contributed by atoms with Crippen LogP contribution >= 0.6 is 0 Å². The lowest BCUT2D eigenvalue weighted by molar-refractivity contribution is -0.154. The number of hydrogen-bond donors (Lipinski definition) is 2. The lowest BCUT2D eigenvalue weighted by atomic mass is 10.2. The second-order valence-electron chi connectivity index (χ2n) is 6.38. The van der Waals surface area contributed by atoms with Crippen LogP contribution in [0.2, 0.25) is 0 Å². The van der Waals surface area contributed by atoms with E-state index in [0.717, 1.165) is 36.5 Å². The van der Waals surface area contributed by atoms with Crippen molar-refractivity contribution in [2.45, 2.75) is 11.1 Å². The number of pyridine rings is 1. The van der Waals surface area contributed by atoms with Gasteiger partial charge in [0.25, 0.3) is 15.9 Å². The summed E-state index contributed by atoms with van der Waals surface area (Å²) < 4.78 is 80.8. The van der Waals surface area contributed by atoms with Crippen molar-refractivity contribution < 1.29 is 35.5 Å². The van der Waals surface area contributed by atoms with Gasteiger partial charge in [0.05, 0.1) is 10.5 Å². The van der Waals surface area contributed by atoms with Crippen molar-refractivity contribution in [3.8, 4) is 5.88 Å². The Balaban J connectivity index is 1.60. The molecule has 32 heavy (non-hydrogen) atoms. The van der Waals surface area contributed by atoms with Gasteiger partial charge in [0.1, 0.15) is 5.82 Å². The number of carbonyl (C=O) groups is 1. The molecule has 3 aromatic rings. The van der Waals surface area contributed by atoms with Gasteiger partial charge >= 0.3 is 6.18 Å². The highest BCUT2D eigenvalue weighted by Gasteiger charge is 2.28. The Morgan fingerprint density at radius 2 is 1.56 bits per heavy atom. The maximum atomic E-state index is 13.0. The summed E-state index contributed by atoms with van der Waals surface area (Å²) in [5.74, 6) is -1.43. The molecule has 0 aliphatic rings. The summed E-state index contributed by atoms with van der Waals surface area (Å²) >= 11 is 0. The molecule has 1 amide bonds. The SMILES string of the molecule is O=C(Nc1ccc(NS(=O)(=O)c2ccc(F)cc2)cc1)c1ccc(OCC(F)(F)F)nc1. The number of benzene rings is 2. The Labute approximate surface area is 180 Å². The van der Waals surface area contributed by atoms with Gasteiger partial charge in [-0.3, -0.25) is 9.52 Å². The molecule has 3 rings (SSSR count). The normalized spacial score (nSPS) is 11.6. The lowest BCUT2D eigenvalue weighted by Crippen LogP contribution is -2.19. The first-order valence-electron chi connectivity index (χ1n) is 8.87. The standard InChI is InChI=1S/C20H15F4N3O4S/c21-14-2-8-17(9-3-14)32(29,30)27-16-6-4-15(5-7-16)26-19(28)13-1-10-18(25-11-13)31-12-20(22,23)24/h1-11,27H,12H2,(H,26,28). The summed E-state index contributed by atoms with van der Waals surface area (Å²) in [6.07, 6.45) is -3.44. The van der Waals surface area contributed by atoms with E-state index in [0.29, 0.717) is 5.69 Å². The summed E-state index contributed by atoms with van der Waals surface area (Å²) in [7, 11) is -3.92. The van der Waals surface area contributed by atoms with Gasteiger partial charge in [0.15, 0.2) is 6.61 Å². The monoisotopic (exact) mass is 469 g/mol. The summed E-state index contributed by atoms with van der Waals surface area (Å²) in [5.41, 5.74) is 0.614. The van der Waals surface area contributed by atoms with E-state index in [1.54, 1.807) is 0 Å². The first-order valence-corrected chi connectivity index (χ1v) is 10.4. The lowest BCUT2D eigenvalue weighted by Gasteiger charge is -2.10. The van der Waals surface area contributed by atoms with E-state index in [-0.39, 0.29) is 22.0 Å². The van der Waals surface area contributed by atoms with Crippen molar-refractivity contribution in [1.29, 1.82) is 0 Å². The third kappa shape index (κ3) is 6.41. The van der Waals surface area contributed by atoms with Crippen LogP contribution in [0.25, 0.3) is 0 Å². The molecule has 0 aliphatic heterocycles. The fourth-order valence-corrected chi connectivity index (χ4v) is 3.47. The summed E-state index contributed by atoms with van der Waals surface area (Å²) in [4.78, 5) is 15.8. The topological polar surface area (TPSA) is 97.4 Å². The van der Waals surface area contributed by atoms with Crippen LogP contribution in [0.5, 0.6) is 5.88 Å². The highest BCUT2D eigenvalue weighted by molar-refractivity contribution is 7.92. The van der Waals surface area contributed by atoms with Gasteiger partial charge in [-0.05, 0) is 54.6 Å². The number of nitrogens with one attached hydrogen (secondary N) is 2. The fourth-order valence-electron chi connectivity index (χ4n) is 2.41. The molecule has 7 nitrogen and oxygen atoms in total. The van der Waals surface area contributed by atoms with Gasteiger partial charge in [-0.1, -0.05) is 0 Å². The van der Waals surface area contributed by atoms with E-state index in [2.05, 4.69) is 19.8 Å². The Morgan fingerprint density at radius 3 is 2.12 bits per heavy atom. The number of amides is 1. The Hall–Kier alpha value is -3.67. The number of ether oxygens (including phenoxy) is 1. The first kappa shape index (κ1) is 23.0. The molecule has 0 radical (unpaired) electrons. The maximum Gasteiger partial charge on any atom is 0.422 e. The number of alkyl halides is 3. The van der Waals surface area contributed by atoms with E-state index >= 15 is 0 Å². The van der Waals surface area contributed by atoms with Gasteiger partial charge in [-0.25, -0.2) is 17.8 Å². The molecule has 0 saturated carbocycles. The molecule has 0 bridgehead atoms. The zero-order chi connectivity index (χ0) is 23.4. The van der Waals surface area contributed by atoms with Gasteiger partial charge in [0.2, 0.25) is 5.88 Å². The predicted molar refractivity (Wildman–Crippen MR) is 107 cm³/mol. The molecule has 168 valence electrons. The van der Waals surface area contributed by atoms with Crippen LogP contribution in [0, 0.1) is 5.82 Å². The minimum atomic E-state index is -4.50. The molecule has 0 aliphatic carbocycles. The molecular weight excluding hydrogens is 454 g/mol. The van der Waals surface area contributed by atoms with Crippen molar-refractivity contribution in [1.82, 2.24) is 4.98 Å². The summed E-state index contributed by atoms with van der Waals surface area (Å²) in [6.45, 7) is -1.50. The summed E-state index contributed by atoms with van der Waals surface area (Å²) in [5, 5.41) is 2.54. The van der Waals surface area contributed by atoms with Crippen LogP contribution in [0.1, 0.15) is 10.4 Å². The van der Waals surface area contributed by atoms with E-state index < -0.39 is 34.5 Å². The number of hydrogen-bond acceptors (Lipinski definition) is 5. The van der Waals surface area contributed by atoms with E-state index in [1.165, 1.54) is 30.3 Å². The molecule has 1 heterocycles. The number of halogens is 4. The maximum absolute atomic E-state index is 13.0. The smallest absolute Gasteiger partial charge is 0.422 e. The molecule has 1 aromatic heterocycles. The van der Waals surface area contributed by atoms with Crippen LogP contribution < -0.4 is 14.8 Å². The average Bonchev–Trinajstić information content (AvgIpc) is 2.73. The molecule has 0 atom stereocenters. The molecule has 2 N–H and O–H groups in total. The molecular formula is C20H15F4N3O4S. The second-order valence-corrected chi connectivity index (χ2v) is 8.06. The molecule has 0 fully saturated rings. The molecule has 0 spiro atoms. The number of aromatic nitrogens is 1. The van der Waals surface area contributed by atoms with Gasteiger partial charge < -0.3 is 10.1 Å². The van der Waals surface area contributed by atoms with Gasteiger partial charge in [-0.2, -0.15) is 13.2 Å². The third-order valence-corrected chi connectivity index (χ3v) is 5.30. The fraction of sp³-hybridized carbons (Fsp3) is 0.100. The van der Waals surface area contributed by atoms with Crippen LogP contribution in [-0.2, 0) is 10.0 Å². The second kappa shape index (κ2) is 9.22. The third-order valence-electron chi connectivity index (χ3n) is 3.90. The minimum Gasteiger partial charge on any atom is -0.468 e. The Bertz CT molecular complexity index is 1180. The van der Waals surface area contributed by atoms with Crippen LogP contribution in [0.3, 0.4) is 0 Å².